The Morgan fingerprint density at radius 3 is 2.87 bits per heavy atom. The summed E-state index contributed by atoms with van der Waals surface area (Å²) in [6.45, 7) is 2.16. The number of amides is 1. The van der Waals surface area contributed by atoms with E-state index < -0.39 is 11.1 Å². The second kappa shape index (κ2) is 3.75. The number of carbonyl (C=O) groups excluding carboxylic acids is 1. The van der Waals surface area contributed by atoms with Crippen molar-refractivity contribution in [2.45, 2.75) is 18.2 Å². The summed E-state index contributed by atoms with van der Waals surface area (Å²) in [5, 5.41) is 0. The molecule has 1 aromatic rings. The average molecular weight is 225 g/mol. The molecule has 0 saturated carbocycles. The fraction of sp³-hybridized carbons (Fsp3) is 0.300. The summed E-state index contributed by atoms with van der Waals surface area (Å²) in [6, 6.07) is 5.04. The SMILES string of the molecule is CC(=O)N1CCc2ccc(S(=O)O)cc21. The van der Waals surface area contributed by atoms with Crippen LogP contribution in [-0.4, -0.2) is 21.2 Å². The summed E-state index contributed by atoms with van der Waals surface area (Å²) in [5.41, 5.74) is 1.82. The van der Waals surface area contributed by atoms with Crippen LogP contribution in [0.15, 0.2) is 23.1 Å². The zero-order valence-corrected chi connectivity index (χ0v) is 9.08. The summed E-state index contributed by atoms with van der Waals surface area (Å²) in [7, 11) is 0. The van der Waals surface area contributed by atoms with Crippen LogP contribution >= 0.6 is 0 Å². The van der Waals surface area contributed by atoms with Crippen LogP contribution in [0.25, 0.3) is 0 Å². The van der Waals surface area contributed by atoms with Crippen LogP contribution in [0, 0.1) is 0 Å². The highest BCUT2D eigenvalue weighted by molar-refractivity contribution is 7.79. The van der Waals surface area contributed by atoms with Crippen LogP contribution in [0.2, 0.25) is 0 Å². The molecule has 15 heavy (non-hydrogen) atoms. The zero-order valence-electron chi connectivity index (χ0n) is 8.27. The maximum Gasteiger partial charge on any atom is 0.223 e. The fourth-order valence-corrected chi connectivity index (χ4v) is 2.19. The van der Waals surface area contributed by atoms with Crippen LogP contribution in [-0.2, 0) is 22.3 Å². The molecular formula is C10H11NO3S. The molecule has 0 fully saturated rings. The number of hydrogen-bond acceptors (Lipinski definition) is 2. The molecule has 1 unspecified atom stereocenters. The maximum atomic E-state index is 11.3. The molecule has 0 aromatic heterocycles. The third-order valence-corrected chi connectivity index (χ3v) is 3.19. The lowest BCUT2D eigenvalue weighted by Crippen LogP contribution is -2.25. The van der Waals surface area contributed by atoms with Gasteiger partial charge in [-0.05, 0) is 24.1 Å². The van der Waals surface area contributed by atoms with E-state index in [1.54, 1.807) is 17.0 Å². The lowest BCUT2D eigenvalue weighted by atomic mass is 10.2. The van der Waals surface area contributed by atoms with Crippen molar-refractivity contribution >= 4 is 22.7 Å². The number of fused-ring (bicyclic) bond motifs is 1. The Labute approximate surface area is 90.2 Å². The summed E-state index contributed by atoms with van der Waals surface area (Å²) >= 11 is -1.99. The van der Waals surface area contributed by atoms with Crippen LogP contribution < -0.4 is 4.90 Å². The lowest BCUT2D eigenvalue weighted by Gasteiger charge is -2.14. The van der Waals surface area contributed by atoms with Gasteiger partial charge in [0.05, 0.1) is 4.90 Å². The molecule has 5 heteroatoms. The highest BCUT2D eigenvalue weighted by Gasteiger charge is 2.22. The van der Waals surface area contributed by atoms with Gasteiger partial charge < -0.3 is 9.45 Å². The highest BCUT2D eigenvalue weighted by atomic mass is 32.2. The molecule has 4 nitrogen and oxygen atoms in total. The van der Waals surface area contributed by atoms with Crippen molar-refractivity contribution in [3.8, 4) is 0 Å². The normalized spacial score (nSPS) is 16.3. The summed E-state index contributed by atoms with van der Waals surface area (Å²) in [5.74, 6) is -0.0328. The van der Waals surface area contributed by atoms with E-state index in [4.69, 9.17) is 4.55 Å². The van der Waals surface area contributed by atoms with Gasteiger partial charge in [-0.1, -0.05) is 6.07 Å². The molecule has 1 N–H and O–H groups in total. The number of nitrogens with zero attached hydrogens (tertiary/aromatic N) is 1. The Balaban J connectivity index is 2.46. The topological polar surface area (TPSA) is 57.6 Å². The van der Waals surface area contributed by atoms with Crippen LogP contribution in [0.1, 0.15) is 12.5 Å². The number of carbonyl (C=O) groups is 1. The molecule has 0 bridgehead atoms. The Bertz CT molecular complexity index is 444. The smallest absolute Gasteiger partial charge is 0.223 e. The Hall–Kier alpha value is -1.20. The summed E-state index contributed by atoms with van der Waals surface area (Å²) < 4.78 is 19.8. The van der Waals surface area contributed by atoms with Crippen molar-refractivity contribution in [2.24, 2.45) is 0 Å². The number of benzene rings is 1. The number of anilines is 1. The molecule has 0 aliphatic carbocycles. The summed E-state index contributed by atoms with van der Waals surface area (Å²) in [4.78, 5) is 13.2. The quantitative estimate of drug-likeness (QED) is 0.730. The fourth-order valence-electron chi connectivity index (χ4n) is 1.79. The average Bonchev–Trinajstić information content (AvgIpc) is 2.59. The first kappa shape index (κ1) is 10.3. The predicted octanol–water partition coefficient (Wildman–Crippen LogP) is 1.18. The largest absolute Gasteiger partial charge is 0.312 e. The Morgan fingerprint density at radius 2 is 2.27 bits per heavy atom. The molecule has 0 radical (unpaired) electrons. The standard InChI is InChI=1S/C10H11NO3S/c1-7(12)11-5-4-8-2-3-9(15(13)14)6-10(8)11/h2-3,6H,4-5H2,1H3,(H,13,14). The first-order chi connectivity index (χ1) is 7.09. The van der Waals surface area contributed by atoms with Crippen LogP contribution in [0.3, 0.4) is 0 Å². The van der Waals surface area contributed by atoms with Crippen molar-refractivity contribution in [2.75, 3.05) is 11.4 Å². The van der Waals surface area contributed by atoms with Gasteiger partial charge in [0.1, 0.15) is 0 Å². The van der Waals surface area contributed by atoms with E-state index in [0.29, 0.717) is 11.4 Å². The third-order valence-electron chi connectivity index (χ3n) is 2.53. The van der Waals surface area contributed by atoms with E-state index in [0.717, 1.165) is 17.7 Å². The van der Waals surface area contributed by atoms with Gasteiger partial charge in [0.2, 0.25) is 5.91 Å². The Kier molecular flexibility index (Phi) is 2.58. The zero-order chi connectivity index (χ0) is 11.0. The van der Waals surface area contributed by atoms with Gasteiger partial charge in [-0.2, -0.15) is 0 Å². The molecule has 1 aliphatic rings. The molecular weight excluding hydrogens is 214 g/mol. The van der Waals surface area contributed by atoms with Gasteiger partial charge in [-0.15, -0.1) is 0 Å². The van der Waals surface area contributed by atoms with Crippen molar-refractivity contribution in [1.29, 1.82) is 0 Å². The Morgan fingerprint density at radius 1 is 1.53 bits per heavy atom. The van der Waals surface area contributed by atoms with E-state index in [1.807, 2.05) is 6.07 Å². The van der Waals surface area contributed by atoms with Gasteiger partial charge in [0.15, 0.2) is 11.1 Å². The minimum absolute atomic E-state index is 0.0328. The molecule has 0 spiro atoms. The van der Waals surface area contributed by atoms with Gasteiger partial charge >= 0.3 is 0 Å². The summed E-state index contributed by atoms with van der Waals surface area (Å²) in [6.07, 6.45) is 0.813. The second-order valence-electron chi connectivity index (χ2n) is 3.46. The monoisotopic (exact) mass is 225 g/mol. The minimum Gasteiger partial charge on any atom is -0.312 e. The molecule has 2 rings (SSSR count). The van der Waals surface area contributed by atoms with E-state index in [9.17, 15) is 9.00 Å². The van der Waals surface area contributed by atoms with Crippen molar-refractivity contribution in [3.63, 3.8) is 0 Å². The molecule has 1 aromatic carbocycles. The van der Waals surface area contributed by atoms with Crippen molar-refractivity contribution in [1.82, 2.24) is 0 Å². The van der Waals surface area contributed by atoms with Crippen LogP contribution in [0.5, 0.6) is 0 Å². The van der Waals surface area contributed by atoms with E-state index >= 15 is 0 Å². The van der Waals surface area contributed by atoms with Crippen molar-refractivity contribution < 1.29 is 13.6 Å². The predicted molar refractivity (Wildman–Crippen MR) is 57.2 cm³/mol. The van der Waals surface area contributed by atoms with Gasteiger partial charge in [0.25, 0.3) is 0 Å². The molecule has 1 atom stereocenters. The van der Waals surface area contributed by atoms with Crippen molar-refractivity contribution in [3.05, 3.63) is 23.8 Å². The van der Waals surface area contributed by atoms with E-state index in [2.05, 4.69) is 0 Å². The third kappa shape index (κ3) is 1.80. The number of hydrogen-bond donors (Lipinski definition) is 1. The highest BCUT2D eigenvalue weighted by Crippen LogP contribution is 2.29. The van der Waals surface area contributed by atoms with Crippen LogP contribution in [0.4, 0.5) is 5.69 Å². The first-order valence-corrected chi connectivity index (χ1v) is 5.72. The molecule has 1 amide bonds. The molecule has 0 saturated heterocycles. The van der Waals surface area contributed by atoms with E-state index in [-0.39, 0.29) is 5.91 Å². The molecule has 1 heterocycles. The van der Waals surface area contributed by atoms with Gasteiger partial charge in [0, 0.05) is 19.2 Å². The maximum absolute atomic E-state index is 11.3. The molecule has 1 aliphatic heterocycles. The van der Waals surface area contributed by atoms with Gasteiger partial charge in [-0.25, -0.2) is 4.21 Å². The second-order valence-corrected chi connectivity index (χ2v) is 4.43. The number of rotatable bonds is 1. The van der Waals surface area contributed by atoms with E-state index in [1.165, 1.54) is 6.92 Å². The first-order valence-electron chi connectivity index (χ1n) is 4.61. The molecule has 80 valence electrons. The van der Waals surface area contributed by atoms with Gasteiger partial charge in [-0.3, -0.25) is 4.79 Å². The minimum atomic E-state index is -1.99. The lowest BCUT2D eigenvalue weighted by molar-refractivity contribution is -0.116.